The number of nitrogens with zero attached hydrogens (tertiary/aromatic N) is 1. The minimum Gasteiger partial charge on any atom is -0.289 e. The molecule has 0 saturated carbocycles. The molecule has 1 aliphatic carbocycles. The summed E-state index contributed by atoms with van der Waals surface area (Å²) in [5.74, 6) is 0. The van der Waals surface area contributed by atoms with Crippen molar-refractivity contribution in [1.29, 1.82) is 0 Å². The Labute approximate surface area is 126 Å². The molecule has 0 bridgehead atoms. The highest BCUT2D eigenvalue weighted by Gasteiger charge is 2.23. The minimum absolute atomic E-state index is 0.939. The number of aryl methyl sites for hydroxylation is 2. The molecule has 1 aliphatic heterocycles. The fourth-order valence-electron chi connectivity index (χ4n) is 3.62. The summed E-state index contributed by atoms with van der Waals surface area (Å²) in [5, 5.41) is 0. The monoisotopic (exact) mass is 273 g/mol. The average Bonchev–Trinajstić information content (AvgIpc) is 2.86. The summed E-state index contributed by atoms with van der Waals surface area (Å²) < 4.78 is 0. The Morgan fingerprint density at radius 2 is 1.33 bits per heavy atom. The standard InChI is InChI=1S/C20H19N/c1-14-17(12-13-21-14)20-18-8-4-2-6-15(18)10-11-16-7-3-5-9-19(16)20/h2-9H,10-13H2,1H3. The molecule has 0 fully saturated rings. The molecule has 1 nitrogen and oxygen atoms in total. The predicted molar refractivity (Wildman–Crippen MR) is 88.9 cm³/mol. The number of benzene rings is 2. The van der Waals surface area contributed by atoms with E-state index in [1.54, 1.807) is 0 Å². The van der Waals surface area contributed by atoms with Gasteiger partial charge in [-0.1, -0.05) is 48.5 Å². The van der Waals surface area contributed by atoms with Gasteiger partial charge in [-0.2, -0.15) is 0 Å². The molecule has 0 N–H and O–H groups in total. The van der Waals surface area contributed by atoms with Crippen molar-refractivity contribution in [2.24, 2.45) is 4.99 Å². The van der Waals surface area contributed by atoms with E-state index in [2.05, 4.69) is 60.4 Å². The fraction of sp³-hybridized carbons (Fsp3) is 0.250. The SMILES string of the molecule is CC1=NCCC1=C1c2ccccc2CCc2ccccc21. The van der Waals surface area contributed by atoms with Crippen LogP contribution in [0.25, 0.3) is 5.57 Å². The van der Waals surface area contributed by atoms with Crippen LogP contribution in [0, 0.1) is 0 Å². The van der Waals surface area contributed by atoms with Crippen LogP contribution in [-0.4, -0.2) is 12.3 Å². The molecule has 1 heterocycles. The highest BCUT2D eigenvalue weighted by molar-refractivity contribution is 6.09. The lowest BCUT2D eigenvalue weighted by Crippen LogP contribution is -2.01. The normalized spacial score (nSPS) is 17.1. The van der Waals surface area contributed by atoms with Crippen LogP contribution in [-0.2, 0) is 12.8 Å². The maximum absolute atomic E-state index is 4.63. The van der Waals surface area contributed by atoms with Gasteiger partial charge in [0.15, 0.2) is 0 Å². The van der Waals surface area contributed by atoms with Crippen molar-refractivity contribution >= 4 is 11.3 Å². The van der Waals surface area contributed by atoms with E-state index in [-0.39, 0.29) is 0 Å². The summed E-state index contributed by atoms with van der Waals surface area (Å²) in [4.78, 5) is 4.63. The van der Waals surface area contributed by atoms with Crippen molar-refractivity contribution in [2.75, 3.05) is 6.54 Å². The van der Waals surface area contributed by atoms with Gasteiger partial charge < -0.3 is 0 Å². The molecule has 2 aromatic carbocycles. The number of rotatable bonds is 0. The van der Waals surface area contributed by atoms with E-state index in [4.69, 9.17) is 0 Å². The topological polar surface area (TPSA) is 12.4 Å². The zero-order valence-electron chi connectivity index (χ0n) is 12.4. The van der Waals surface area contributed by atoms with Gasteiger partial charge in [0.1, 0.15) is 0 Å². The molecule has 0 atom stereocenters. The van der Waals surface area contributed by atoms with Gasteiger partial charge in [-0.05, 0) is 59.6 Å². The Morgan fingerprint density at radius 1 is 0.762 bits per heavy atom. The maximum atomic E-state index is 4.63. The van der Waals surface area contributed by atoms with Gasteiger partial charge in [-0.25, -0.2) is 0 Å². The van der Waals surface area contributed by atoms with Crippen molar-refractivity contribution in [3.8, 4) is 0 Å². The summed E-state index contributed by atoms with van der Waals surface area (Å²) in [5.41, 5.74) is 9.85. The van der Waals surface area contributed by atoms with Gasteiger partial charge in [0, 0.05) is 12.3 Å². The van der Waals surface area contributed by atoms with E-state index >= 15 is 0 Å². The van der Waals surface area contributed by atoms with Crippen molar-refractivity contribution in [1.82, 2.24) is 0 Å². The fourth-order valence-corrected chi connectivity index (χ4v) is 3.62. The molecule has 0 saturated heterocycles. The molecule has 21 heavy (non-hydrogen) atoms. The first-order valence-corrected chi connectivity index (χ1v) is 7.76. The van der Waals surface area contributed by atoms with Crippen molar-refractivity contribution in [2.45, 2.75) is 26.2 Å². The van der Waals surface area contributed by atoms with Crippen LogP contribution >= 0.6 is 0 Å². The van der Waals surface area contributed by atoms with Gasteiger partial charge in [-0.15, -0.1) is 0 Å². The Balaban J connectivity index is 2.06. The summed E-state index contributed by atoms with van der Waals surface area (Å²) in [6.07, 6.45) is 3.32. The second kappa shape index (κ2) is 5.00. The first-order chi connectivity index (χ1) is 10.3. The lowest BCUT2D eigenvalue weighted by molar-refractivity contribution is 0.965. The second-order valence-electron chi connectivity index (χ2n) is 5.88. The van der Waals surface area contributed by atoms with E-state index in [9.17, 15) is 0 Å². The smallest absolute Gasteiger partial charge is 0.0433 e. The molecule has 0 spiro atoms. The Hall–Kier alpha value is -2.15. The first-order valence-electron chi connectivity index (χ1n) is 7.76. The zero-order valence-corrected chi connectivity index (χ0v) is 12.4. The van der Waals surface area contributed by atoms with Crippen LogP contribution in [0.15, 0.2) is 59.1 Å². The Bertz CT molecular complexity index is 715. The highest BCUT2D eigenvalue weighted by Crippen LogP contribution is 2.37. The molecule has 0 unspecified atom stereocenters. The van der Waals surface area contributed by atoms with Crippen LogP contribution in [0.3, 0.4) is 0 Å². The average molecular weight is 273 g/mol. The largest absolute Gasteiger partial charge is 0.289 e. The van der Waals surface area contributed by atoms with Crippen molar-refractivity contribution < 1.29 is 0 Å². The van der Waals surface area contributed by atoms with E-state index in [0.717, 1.165) is 25.8 Å². The maximum Gasteiger partial charge on any atom is 0.0433 e. The van der Waals surface area contributed by atoms with Crippen LogP contribution in [0.2, 0.25) is 0 Å². The van der Waals surface area contributed by atoms with Crippen LogP contribution < -0.4 is 0 Å². The lowest BCUT2D eigenvalue weighted by Gasteiger charge is -2.15. The van der Waals surface area contributed by atoms with E-state index in [1.807, 2.05) is 0 Å². The van der Waals surface area contributed by atoms with Crippen LogP contribution in [0.4, 0.5) is 0 Å². The summed E-state index contributed by atoms with van der Waals surface area (Å²) in [7, 11) is 0. The molecule has 104 valence electrons. The van der Waals surface area contributed by atoms with Crippen LogP contribution in [0.1, 0.15) is 35.6 Å². The summed E-state index contributed by atoms with van der Waals surface area (Å²) in [6, 6.07) is 17.8. The molecule has 4 rings (SSSR count). The minimum atomic E-state index is 0.939. The Morgan fingerprint density at radius 3 is 1.86 bits per heavy atom. The molecule has 1 heteroatoms. The van der Waals surface area contributed by atoms with Gasteiger partial charge in [0.05, 0.1) is 0 Å². The van der Waals surface area contributed by atoms with Gasteiger partial charge >= 0.3 is 0 Å². The molecule has 0 aromatic heterocycles. The zero-order chi connectivity index (χ0) is 14.2. The summed E-state index contributed by atoms with van der Waals surface area (Å²) >= 11 is 0. The third-order valence-electron chi connectivity index (χ3n) is 4.69. The highest BCUT2D eigenvalue weighted by atomic mass is 14.8. The third-order valence-corrected chi connectivity index (χ3v) is 4.69. The number of hydrogen-bond acceptors (Lipinski definition) is 1. The lowest BCUT2D eigenvalue weighted by atomic mass is 9.88. The van der Waals surface area contributed by atoms with Gasteiger partial charge in [0.25, 0.3) is 0 Å². The molecule has 0 amide bonds. The van der Waals surface area contributed by atoms with Gasteiger partial charge in [-0.3, -0.25) is 4.99 Å². The van der Waals surface area contributed by atoms with E-state index in [1.165, 1.54) is 39.1 Å². The molecular formula is C20H19N. The summed E-state index contributed by atoms with van der Waals surface area (Å²) in [6.45, 7) is 3.10. The number of fused-ring (bicyclic) bond motifs is 2. The molecule has 2 aromatic rings. The first kappa shape index (κ1) is 12.6. The molecule has 2 aliphatic rings. The molecule has 0 radical (unpaired) electrons. The quantitative estimate of drug-likeness (QED) is 0.672. The third kappa shape index (κ3) is 2.04. The predicted octanol–water partition coefficient (Wildman–Crippen LogP) is 4.45. The van der Waals surface area contributed by atoms with E-state index < -0.39 is 0 Å². The van der Waals surface area contributed by atoms with Crippen molar-refractivity contribution in [3.05, 3.63) is 76.4 Å². The number of aliphatic imine (C=N–C) groups is 1. The van der Waals surface area contributed by atoms with E-state index in [0.29, 0.717) is 0 Å². The van der Waals surface area contributed by atoms with Crippen molar-refractivity contribution in [3.63, 3.8) is 0 Å². The van der Waals surface area contributed by atoms with Crippen LogP contribution in [0.5, 0.6) is 0 Å². The molecular weight excluding hydrogens is 254 g/mol. The number of hydrogen-bond donors (Lipinski definition) is 0. The van der Waals surface area contributed by atoms with Gasteiger partial charge in [0.2, 0.25) is 0 Å². The second-order valence-corrected chi connectivity index (χ2v) is 5.88. The Kier molecular flexibility index (Phi) is 2.99.